The van der Waals surface area contributed by atoms with Gasteiger partial charge in [0.25, 0.3) is 0 Å². The van der Waals surface area contributed by atoms with Crippen LogP contribution in [0.5, 0.6) is 0 Å². The molecule has 2 atom stereocenters. The van der Waals surface area contributed by atoms with Crippen LogP contribution >= 0.6 is 0 Å². The summed E-state index contributed by atoms with van der Waals surface area (Å²) in [5.41, 5.74) is 6.21. The van der Waals surface area contributed by atoms with Crippen LogP contribution in [0.3, 0.4) is 0 Å². The van der Waals surface area contributed by atoms with E-state index in [0.29, 0.717) is 17.5 Å². The summed E-state index contributed by atoms with van der Waals surface area (Å²) in [6, 6.07) is 1.06. The van der Waals surface area contributed by atoms with Crippen LogP contribution in [0.25, 0.3) is 0 Å². The summed E-state index contributed by atoms with van der Waals surface area (Å²) in [6.45, 7) is 6.48. The second kappa shape index (κ2) is 5.83. The highest BCUT2D eigenvalue weighted by Crippen LogP contribution is 2.22. The second-order valence-corrected chi connectivity index (χ2v) is 5.56. The first-order valence-electron chi connectivity index (χ1n) is 6.01. The van der Waals surface area contributed by atoms with Gasteiger partial charge < -0.3 is 15.8 Å². The maximum Gasteiger partial charge on any atom is 0.0467 e. The first-order valence-corrected chi connectivity index (χ1v) is 6.01. The first kappa shape index (κ1) is 12.9. The second-order valence-electron chi connectivity index (χ2n) is 5.56. The maximum atomic E-state index is 5.88. The van der Waals surface area contributed by atoms with Gasteiger partial charge in [0.1, 0.15) is 0 Å². The van der Waals surface area contributed by atoms with Crippen molar-refractivity contribution in [2.75, 3.05) is 20.3 Å². The van der Waals surface area contributed by atoms with Crippen LogP contribution in [0.1, 0.15) is 39.5 Å². The van der Waals surface area contributed by atoms with E-state index in [1.165, 1.54) is 12.8 Å². The number of ether oxygens (including phenoxy) is 1. The molecule has 0 radical (unpaired) electrons. The summed E-state index contributed by atoms with van der Waals surface area (Å²) in [7, 11) is 1.76. The van der Waals surface area contributed by atoms with Crippen molar-refractivity contribution in [2.45, 2.75) is 51.6 Å². The average molecular weight is 214 g/mol. The number of hydrogen-bond acceptors (Lipinski definition) is 3. The number of nitrogens with two attached hydrogens (primary N) is 1. The molecule has 1 rings (SSSR count). The number of methoxy groups -OCH3 is 1. The number of rotatable bonds is 6. The molecule has 0 aromatic rings. The Morgan fingerprint density at radius 1 is 1.40 bits per heavy atom. The van der Waals surface area contributed by atoms with Gasteiger partial charge in [0.2, 0.25) is 0 Å². The molecule has 3 heteroatoms. The molecule has 0 bridgehead atoms. The van der Waals surface area contributed by atoms with E-state index in [9.17, 15) is 0 Å². The lowest BCUT2D eigenvalue weighted by Crippen LogP contribution is -2.37. The molecule has 15 heavy (non-hydrogen) atoms. The van der Waals surface area contributed by atoms with E-state index in [1.807, 2.05) is 0 Å². The van der Waals surface area contributed by atoms with E-state index in [1.54, 1.807) is 7.11 Å². The Morgan fingerprint density at radius 3 is 2.67 bits per heavy atom. The van der Waals surface area contributed by atoms with Crippen LogP contribution in [-0.2, 0) is 4.74 Å². The summed E-state index contributed by atoms with van der Waals surface area (Å²) in [5, 5.41) is 3.63. The van der Waals surface area contributed by atoms with Gasteiger partial charge in [-0.3, -0.25) is 0 Å². The Bertz CT molecular complexity index is 182. The van der Waals surface area contributed by atoms with Crippen molar-refractivity contribution in [3.8, 4) is 0 Å². The third-order valence-corrected chi connectivity index (χ3v) is 3.33. The largest absolute Gasteiger partial charge is 0.385 e. The van der Waals surface area contributed by atoms with Crippen molar-refractivity contribution < 1.29 is 4.74 Å². The highest BCUT2D eigenvalue weighted by atomic mass is 16.5. The van der Waals surface area contributed by atoms with Gasteiger partial charge in [0, 0.05) is 32.3 Å². The summed E-state index contributed by atoms with van der Waals surface area (Å²) < 4.78 is 5.12. The predicted octanol–water partition coefficient (Wildman–Crippen LogP) is 1.52. The SMILES string of the molecule is COCCC(C)(C)CNC1CCC(N)C1. The third kappa shape index (κ3) is 4.96. The fourth-order valence-electron chi connectivity index (χ4n) is 2.09. The molecule has 0 aromatic heterocycles. The monoisotopic (exact) mass is 214 g/mol. The highest BCUT2D eigenvalue weighted by molar-refractivity contribution is 4.84. The van der Waals surface area contributed by atoms with Crippen LogP contribution in [0.4, 0.5) is 0 Å². The number of nitrogens with one attached hydrogen (secondary N) is 1. The minimum Gasteiger partial charge on any atom is -0.385 e. The van der Waals surface area contributed by atoms with Crippen LogP contribution in [0.2, 0.25) is 0 Å². The zero-order chi connectivity index (χ0) is 11.3. The normalized spacial score (nSPS) is 27.2. The van der Waals surface area contributed by atoms with Crippen molar-refractivity contribution >= 4 is 0 Å². The molecule has 0 spiro atoms. The Kier molecular flexibility index (Phi) is 5.03. The van der Waals surface area contributed by atoms with Gasteiger partial charge in [-0.25, -0.2) is 0 Å². The summed E-state index contributed by atoms with van der Waals surface area (Å²) >= 11 is 0. The molecule has 0 heterocycles. The fourth-order valence-corrected chi connectivity index (χ4v) is 2.09. The topological polar surface area (TPSA) is 47.3 Å². The molecule has 0 saturated heterocycles. The van der Waals surface area contributed by atoms with E-state index in [4.69, 9.17) is 10.5 Å². The minimum absolute atomic E-state index is 0.322. The van der Waals surface area contributed by atoms with Gasteiger partial charge in [0.05, 0.1) is 0 Å². The Balaban J connectivity index is 2.17. The van der Waals surface area contributed by atoms with Gasteiger partial charge in [-0.2, -0.15) is 0 Å². The van der Waals surface area contributed by atoms with Crippen LogP contribution in [0.15, 0.2) is 0 Å². The van der Waals surface area contributed by atoms with Gasteiger partial charge >= 0.3 is 0 Å². The molecule has 3 nitrogen and oxygen atoms in total. The molecule has 0 aliphatic heterocycles. The minimum atomic E-state index is 0.322. The molecule has 1 aliphatic carbocycles. The first-order chi connectivity index (χ1) is 7.03. The van der Waals surface area contributed by atoms with Gasteiger partial charge in [-0.1, -0.05) is 13.8 Å². The molecule has 1 aliphatic rings. The molecule has 3 N–H and O–H groups in total. The van der Waals surface area contributed by atoms with E-state index < -0.39 is 0 Å². The molecule has 1 fully saturated rings. The summed E-state index contributed by atoms with van der Waals surface area (Å²) in [4.78, 5) is 0. The van der Waals surface area contributed by atoms with Gasteiger partial charge in [0.15, 0.2) is 0 Å². The lowest BCUT2D eigenvalue weighted by molar-refractivity contribution is 0.149. The zero-order valence-electron chi connectivity index (χ0n) is 10.4. The lowest BCUT2D eigenvalue weighted by Gasteiger charge is -2.26. The van der Waals surface area contributed by atoms with Gasteiger partial charge in [-0.15, -0.1) is 0 Å². The molecular weight excluding hydrogens is 188 g/mol. The Morgan fingerprint density at radius 2 is 2.13 bits per heavy atom. The number of hydrogen-bond donors (Lipinski definition) is 2. The van der Waals surface area contributed by atoms with E-state index in [2.05, 4.69) is 19.2 Å². The van der Waals surface area contributed by atoms with Crippen molar-refractivity contribution in [2.24, 2.45) is 11.1 Å². The van der Waals surface area contributed by atoms with Crippen LogP contribution in [-0.4, -0.2) is 32.3 Å². The van der Waals surface area contributed by atoms with Crippen molar-refractivity contribution in [3.05, 3.63) is 0 Å². The molecule has 0 amide bonds. The average Bonchev–Trinajstić information content (AvgIpc) is 2.59. The maximum absolute atomic E-state index is 5.88. The molecule has 0 aromatic carbocycles. The molecule has 2 unspecified atom stereocenters. The lowest BCUT2D eigenvalue weighted by atomic mass is 9.89. The van der Waals surface area contributed by atoms with Crippen molar-refractivity contribution in [1.29, 1.82) is 0 Å². The highest BCUT2D eigenvalue weighted by Gasteiger charge is 2.24. The smallest absolute Gasteiger partial charge is 0.0467 e. The summed E-state index contributed by atoms with van der Waals surface area (Å²) in [6.07, 6.45) is 4.66. The standard InChI is InChI=1S/C12H26N2O/c1-12(2,6-7-15-3)9-14-11-5-4-10(13)8-11/h10-11,14H,4-9,13H2,1-3H3. The third-order valence-electron chi connectivity index (χ3n) is 3.33. The Hall–Kier alpha value is -0.120. The molecule has 1 saturated carbocycles. The summed E-state index contributed by atoms with van der Waals surface area (Å²) in [5.74, 6) is 0. The van der Waals surface area contributed by atoms with E-state index >= 15 is 0 Å². The van der Waals surface area contributed by atoms with Crippen molar-refractivity contribution in [1.82, 2.24) is 5.32 Å². The fraction of sp³-hybridized carbons (Fsp3) is 1.00. The molecule has 90 valence electrons. The van der Waals surface area contributed by atoms with Crippen LogP contribution in [0, 0.1) is 5.41 Å². The van der Waals surface area contributed by atoms with E-state index in [0.717, 1.165) is 26.0 Å². The van der Waals surface area contributed by atoms with Crippen molar-refractivity contribution in [3.63, 3.8) is 0 Å². The van der Waals surface area contributed by atoms with Gasteiger partial charge in [-0.05, 0) is 31.1 Å². The van der Waals surface area contributed by atoms with E-state index in [-0.39, 0.29) is 0 Å². The Labute approximate surface area is 93.8 Å². The van der Waals surface area contributed by atoms with Crippen LogP contribution < -0.4 is 11.1 Å². The molecular formula is C12H26N2O. The predicted molar refractivity (Wildman–Crippen MR) is 63.9 cm³/mol. The quantitative estimate of drug-likeness (QED) is 0.705. The zero-order valence-corrected chi connectivity index (χ0v) is 10.4.